The minimum atomic E-state index is -0.718. The van der Waals surface area contributed by atoms with Gasteiger partial charge in [-0.2, -0.15) is 0 Å². The molecule has 2 fully saturated rings. The van der Waals surface area contributed by atoms with E-state index < -0.39 is 5.97 Å². The molecule has 1 aromatic carbocycles. The number of hydrogen-bond donors (Lipinski definition) is 2. The van der Waals surface area contributed by atoms with Gasteiger partial charge in [-0.15, -0.1) is 0 Å². The SMILES string of the molecule is O=C(O)CCCN1CCC[C@@H](CN2CCN(C(=O)Nc3ccc(Cl)c(Cl)c3)CC2)C1. The number of anilines is 1. The third-order valence-electron chi connectivity index (χ3n) is 5.81. The molecule has 0 bridgehead atoms. The van der Waals surface area contributed by atoms with Gasteiger partial charge in [0.25, 0.3) is 0 Å². The average Bonchev–Trinajstić information content (AvgIpc) is 2.71. The number of aliphatic carboxylic acids is 1. The molecule has 2 heterocycles. The van der Waals surface area contributed by atoms with E-state index >= 15 is 0 Å². The molecule has 0 radical (unpaired) electrons. The minimum Gasteiger partial charge on any atom is -0.481 e. The number of carbonyl (C=O) groups is 2. The number of halogens is 2. The molecule has 2 saturated heterocycles. The summed E-state index contributed by atoms with van der Waals surface area (Å²) in [6, 6.07) is 4.96. The zero-order chi connectivity index (χ0) is 21.5. The Kier molecular flexibility index (Phi) is 8.62. The lowest BCUT2D eigenvalue weighted by Gasteiger charge is -2.39. The number of nitrogens with one attached hydrogen (secondary N) is 1. The van der Waals surface area contributed by atoms with E-state index in [0.29, 0.717) is 41.2 Å². The number of piperazine rings is 1. The summed E-state index contributed by atoms with van der Waals surface area (Å²) < 4.78 is 0. The van der Waals surface area contributed by atoms with Crippen molar-refractivity contribution >= 4 is 40.9 Å². The Bertz CT molecular complexity index is 741. The Hall–Kier alpha value is -1.54. The third kappa shape index (κ3) is 7.01. The van der Waals surface area contributed by atoms with Gasteiger partial charge in [-0.3, -0.25) is 9.69 Å². The van der Waals surface area contributed by atoms with Gasteiger partial charge in [0.05, 0.1) is 10.0 Å². The van der Waals surface area contributed by atoms with Crippen LogP contribution in [0.25, 0.3) is 0 Å². The van der Waals surface area contributed by atoms with Crippen LogP contribution in [0.1, 0.15) is 25.7 Å². The fourth-order valence-corrected chi connectivity index (χ4v) is 4.53. The summed E-state index contributed by atoms with van der Waals surface area (Å²) in [6.45, 7) is 7.14. The largest absolute Gasteiger partial charge is 0.481 e. The van der Waals surface area contributed by atoms with Gasteiger partial charge in [-0.05, 0) is 56.5 Å². The number of urea groups is 1. The van der Waals surface area contributed by atoms with Crippen LogP contribution in [-0.2, 0) is 4.79 Å². The second-order valence-electron chi connectivity index (χ2n) is 8.15. The van der Waals surface area contributed by atoms with Gasteiger partial charge < -0.3 is 20.2 Å². The molecule has 166 valence electrons. The van der Waals surface area contributed by atoms with Crippen molar-refractivity contribution < 1.29 is 14.7 Å². The maximum absolute atomic E-state index is 12.5. The number of hydrogen-bond acceptors (Lipinski definition) is 4. The predicted molar refractivity (Wildman–Crippen MR) is 120 cm³/mol. The summed E-state index contributed by atoms with van der Waals surface area (Å²) in [5.41, 5.74) is 0.641. The summed E-state index contributed by atoms with van der Waals surface area (Å²) in [5.74, 6) is -0.107. The molecule has 1 aromatic rings. The van der Waals surface area contributed by atoms with Crippen molar-refractivity contribution in [2.24, 2.45) is 5.92 Å². The fourth-order valence-electron chi connectivity index (χ4n) is 4.23. The quantitative estimate of drug-likeness (QED) is 0.653. The fraction of sp³-hybridized carbons (Fsp3) is 0.619. The molecule has 0 spiro atoms. The van der Waals surface area contributed by atoms with Crippen molar-refractivity contribution in [1.82, 2.24) is 14.7 Å². The van der Waals surface area contributed by atoms with Gasteiger partial charge >= 0.3 is 12.0 Å². The van der Waals surface area contributed by atoms with E-state index in [9.17, 15) is 9.59 Å². The van der Waals surface area contributed by atoms with E-state index in [1.807, 2.05) is 4.90 Å². The molecule has 2 N–H and O–H groups in total. The van der Waals surface area contributed by atoms with Crippen LogP contribution in [-0.4, -0.2) is 84.2 Å². The number of nitrogens with zero attached hydrogens (tertiary/aromatic N) is 3. The summed E-state index contributed by atoms with van der Waals surface area (Å²) in [7, 11) is 0. The highest BCUT2D eigenvalue weighted by molar-refractivity contribution is 6.42. The number of carboxylic acids is 1. The van der Waals surface area contributed by atoms with Crippen LogP contribution in [0.2, 0.25) is 10.0 Å². The Morgan fingerprint density at radius 3 is 2.53 bits per heavy atom. The maximum atomic E-state index is 12.5. The Morgan fingerprint density at radius 1 is 1.07 bits per heavy atom. The number of benzene rings is 1. The molecule has 3 rings (SSSR count). The molecule has 7 nitrogen and oxygen atoms in total. The lowest BCUT2D eigenvalue weighted by molar-refractivity contribution is -0.137. The van der Waals surface area contributed by atoms with Crippen LogP contribution in [0.3, 0.4) is 0 Å². The van der Waals surface area contributed by atoms with E-state index in [4.69, 9.17) is 28.3 Å². The van der Waals surface area contributed by atoms with E-state index in [-0.39, 0.29) is 12.5 Å². The molecule has 0 aromatic heterocycles. The standard InChI is InChI=1S/C21H30Cl2N4O3/c22-18-6-5-17(13-19(18)23)24-21(30)27-11-9-26(10-12-27)15-16-3-1-7-25(14-16)8-2-4-20(28)29/h5-6,13,16H,1-4,7-12,14-15H2,(H,24,30)(H,28,29)/t16-/m1/s1. The highest BCUT2D eigenvalue weighted by atomic mass is 35.5. The van der Waals surface area contributed by atoms with Crippen molar-refractivity contribution in [3.05, 3.63) is 28.2 Å². The van der Waals surface area contributed by atoms with Gasteiger partial charge in [0, 0.05) is 51.4 Å². The Labute approximate surface area is 187 Å². The van der Waals surface area contributed by atoms with Gasteiger partial charge in [0.2, 0.25) is 0 Å². The molecule has 0 aliphatic carbocycles. The second-order valence-corrected chi connectivity index (χ2v) is 8.97. The van der Waals surface area contributed by atoms with E-state index in [1.165, 1.54) is 12.8 Å². The van der Waals surface area contributed by atoms with Crippen LogP contribution in [0.15, 0.2) is 18.2 Å². The zero-order valence-electron chi connectivity index (χ0n) is 17.2. The monoisotopic (exact) mass is 456 g/mol. The predicted octanol–water partition coefficient (Wildman–Crippen LogP) is 3.72. The first-order chi connectivity index (χ1) is 14.4. The second kappa shape index (κ2) is 11.2. The van der Waals surface area contributed by atoms with Crippen LogP contribution in [0.5, 0.6) is 0 Å². The first-order valence-electron chi connectivity index (χ1n) is 10.6. The summed E-state index contributed by atoms with van der Waals surface area (Å²) >= 11 is 11.9. The number of likely N-dealkylation sites (tertiary alicyclic amines) is 1. The van der Waals surface area contributed by atoms with Crippen molar-refractivity contribution in [3.63, 3.8) is 0 Å². The molecule has 1 atom stereocenters. The number of rotatable bonds is 7. The van der Waals surface area contributed by atoms with Gasteiger partial charge in [0.15, 0.2) is 0 Å². The van der Waals surface area contributed by atoms with Crippen molar-refractivity contribution in [3.8, 4) is 0 Å². The summed E-state index contributed by atoms with van der Waals surface area (Å²) in [4.78, 5) is 29.9. The third-order valence-corrected chi connectivity index (χ3v) is 6.55. The summed E-state index contributed by atoms with van der Waals surface area (Å²) in [5, 5.41) is 12.6. The van der Waals surface area contributed by atoms with Gasteiger partial charge in [-0.1, -0.05) is 23.2 Å². The van der Waals surface area contributed by atoms with Crippen LogP contribution in [0, 0.1) is 5.92 Å². The van der Waals surface area contributed by atoms with Crippen molar-refractivity contribution in [2.75, 3.05) is 57.7 Å². The van der Waals surface area contributed by atoms with Crippen LogP contribution < -0.4 is 5.32 Å². The summed E-state index contributed by atoms with van der Waals surface area (Å²) in [6.07, 6.45) is 3.35. The van der Waals surface area contributed by atoms with E-state index in [0.717, 1.165) is 39.3 Å². The number of piperidine rings is 1. The normalized spacial score (nSPS) is 20.9. The number of amides is 2. The van der Waals surface area contributed by atoms with Crippen LogP contribution in [0.4, 0.5) is 10.5 Å². The minimum absolute atomic E-state index is 0.115. The molecule has 2 aliphatic heterocycles. The van der Waals surface area contributed by atoms with E-state index in [2.05, 4.69) is 15.1 Å². The lowest BCUT2D eigenvalue weighted by atomic mass is 9.97. The van der Waals surface area contributed by atoms with Crippen molar-refractivity contribution in [2.45, 2.75) is 25.7 Å². The van der Waals surface area contributed by atoms with Crippen LogP contribution >= 0.6 is 23.2 Å². The topological polar surface area (TPSA) is 76.1 Å². The highest BCUT2D eigenvalue weighted by Crippen LogP contribution is 2.25. The number of carboxylic acid groups (broad SMARTS) is 1. The molecular weight excluding hydrogens is 427 g/mol. The first-order valence-corrected chi connectivity index (χ1v) is 11.3. The molecule has 0 unspecified atom stereocenters. The smallest absolute Gasteiger partial charge is 0.321 e. The van der Waals surface area contributed by atoms with Crippen molar-refractivity contribution in [1.29, 1.82) is 0 Å². The maximum Gasteiger partial charge on any atom is 0.321 e. The molecule has 0 saturated carbocycles. The Morgan fingerprint density at radius 2 is 1.83 bits per heavy atom. The molecule has 30 heavy (non-hydrogen) atoms. The molecule has 9 heteroatoms. The molecule has 2 amide bonds. The van der Waals surface area contributed by atoms with Gasteiger partial charge in [0.1, 0.15) is 0 Å². The van der Waals surface area contributed by atoms with Gasteiger partial charge in [-0.25, -0.2) is 4.79 Å². The lowest BCUT2D eigenvalue weighted by Crippen LogP contribution is -2.52. The average molecular weight is 457 g/mol. The first kappa shape index (κ1) is 23.1. The molecular formula is C21H30Cl2N4O3. The highest BCUT2D eigenvalue weighted by Gasteiger charge is 2.26. The molecule has 2 aliphatic rings. The Balaban J connectivity index is 1.39. The zero-order valence-corrected chi connectivity index (χ0v) is 18.7. The van der Waals surface area contributed by atoms with E-state index in [1.54, 1.807) is 18.2 Å². The number of carbonyl (C=O) groups excluding carboxylic acids is 1.